The molecule has 0 heterocycles. The standard InChI is InChI=1S/C23H33N3O5/c1-9-15-10-12-16(13-11-15)18(19(28)25-22(2,3)4)26(8)20(29)17(14-27)24-21(30)31-23(5,6)7/h1,10-13,17-18,27H,14H2,2-8H3,(H,24,30)(H,25,28). The largest absolute Gasteiger partial charge is 0.444 e. The molecule has 2 atom stereocenters. The number of ether oxygens (including phenoxy) is 1. The Balaban J connectivity index is 3.20. The summed E-state index contributed by atoms with van der Waals surface area (Å²) in [7, 11) is 1.43. The van der Waals surface area contributed by atoms with Crippen molar-refractivity contribution in [1.29, 1.82) is 0 Å². The number of hydrogen-bond donors (Lipinski definition) is 3. The average Bonchev–Trinajstić information content (AvgIpc) is 2.63. The molecule has 0 fully saturated rings. The van der Waals surface area contributed by atoms with Crippen LogP contribution < -0.4 is 10.6 Å². The zero-order valence-corrected chi connectivity index (χ0v) is 19.3. The Hall–Kier alpha value is -3.05. The molecular weight excluding hydrogens is 398 g/mol. The third-order valence-electron chi connectivity index (χ3n) is 4.05. The first-order valence-electron chi connectivity index (χ1n) is 9.94. The number of aliphatic hydroxyl groups excluding tert-OH is 1. The van der Waals surface area contributed by atoms with Gasteiger partial charge in [-0.25, -0.2) is 4.79 Å². The van der Waals surface area contributed by atoms with Gasteiger partial charge in [0.05, 0.1) is 6.61 Å². The molecule has 0 bridgehead atoms. The summed E-state index contributed by atoms with van der Waals surface area (Å²) < 4.78 is 5.15. The van der Waals surface area contributed by atoms with E-state index in [1.807, 2.05) is 20.8 Å². The molecule has 1 aromatic carbocycles. The van der Waals surface area contributed by atoms with Crippen LogP contribution in [0.4, 0.5) is 4.79 Å². The zero-order valence-electron chi connectivity index (χ0n) is 19.3. The van der Waals surface area contributed by atoms with Gasteiger partial charge in [0.1, 0.15) is 17.7 Å². The smallest absolute Gasteiger partial charge is 0.408 e. The van der Waals surface area contributed by atoms with Crippen molar-refractivity contribution in [2.45, 2.75) is 64.8 Å². The third-order valence-corrected chi connectivity index (χ3v) is 4.05. The summed E-state index contributed by atoms with van der Waals surface area (Å²) in [6, 6.07) is 4.39. The van der Waals surface area contributed by atoms with Gasteiger partial charge in [-0.15, -0.1) is 6.42 Å². The molecule has 0 aliphatic rings. The highest BCUT2D eigenvalue weighted by atomic mass is 16.6. The predicted molar refractivity (Wildman–Crippen MR) is 118 cm³/mol. The topological polar surface area (TPSA) is 108 Å². The molecule has 0 aliphatic carbocycles. The lowest BCUT2D eigenvalue weighted by Gasteiger charge is -2.33. The molecule has 2 unspecified atom stereocenters. The number of terminal acetylenes is 1. The molecule has 31 heavy (non-hydrogen) atoms. The SMILES string of the molecule is C#Cc1ccc(C(C(=O)NC(C)(C)C)N(C)C(=O)C(CO)NC(=O)OC(C)(C)C)cc1. The highest BCUT2D eigenvalue weighted by molar-refractivity contribution is 5.92. The lowest BCUT2D eigenvalue weighted by molar-refractivity contribution is -0.142. The first-order chi connectivity index (χ1) is 14.2. The Labute approximate surface area is 184 Å². The molecule has 0 saturated heterocycles. The van der Waals surface area contributed by atoms with Gasteiger partial charge in [0, 0.05) is 18.2 Å². The van der Waals surface area contributed by atoms with E-state index in [1.165, 1.54) is 11.9 Å². The lowest BCUT2D eigenvalue weighted by Crippen LogP contribution is -2.54. The number of hydrogen-bond acceptors (Lipinski definition) is 5. The average molecular weight is 432 g/mol. The number of nitrogens with one attached hydrogen (secondary N) is 2. The molecule has 1 aromatic rings. The van der Waals surface area contributed by atoms with Gasteiger partial charge in [-0.05, 0) is 59.2 Å². The van der Waals surface area contributed by atoms with E-state index in [4.69, 9.17) is 11.2 Å². The summed E-state index contributed by atoms with van der Waals surface area (Å²) in [6.07, 6.45) is 4.56. The van der Waals surface area contributed by atoms with Crippen molar-refractivity contribution < 1.29 is 24.2 Å². The maximum absolute atomic E-state index is 13.1. The van der Waals surface area contributed by atoms with E-state index in [1.54, 1.807) is 45.0 Å². The number of rotatable bonds is 6. The fraction of sp³-hybridized carbons (Fsp3) is 0.522. The second kappa shape index (κ2) is 10.3. The number of carbonyl (C=O) groups is 3. The number of amides is 3. The molecule has 3 N–H and O–H groups in total. The van der Waals surface area contributed by atoms with Crippen molar-refractivity contribution in [3.05, 3.63) is 35.4 Å². The number of nitrogens with zero attached hydrogens (tertiary/aromatic N) is 1. The molecule has 0 aliphatic heterocycles. The third kappa shape index (κ3) is 8.30. The van der Waals surface area contributed by atoms with Gasteiger partial charge >= 0.3 is 6.09 Å². The molecule has 8 heteroatoms. The number of likely N-dealkylation sites (N-methyl/N-ethyl adjacent to an activating group) is 1. The number of benzene rings is 1. The number of alkyl carbamates (subject to hydrolysis) is 1. The molecular formula is C23H33N3O5. The highest BCUT2D eigenvalue weighted by Gasteiger charge is 2.35. The predicted octanol–water partition coefficient (Wildman–Crippen LogP) is 1.97. The Bertz CT molecular complexity index is 829. The first-order valence-corrected chi connectivity index (χ1v) is 9.94. The van der Waals surface area contributed by atoms with Crippen molar-refractivity contribution in [2.24, 2.45) is 0 Å². The second-order valence-corrected chi connectivity index (χ2v) is 9.24. The van der Waals surface area contributed by atoms with E-state index in [2.05, 4.69) is 16.6 Å². The second-order valence-electron chi connectivity index (χ2n) is 9.24. The minimum absolute atomic E-state index is 0.411. The Morgan fingerprint density at radius 1 is 1.13 bits per heavy atom. The summed E-state index contributed by atoms with van der Waals surface area (Å²) in [4.78, 5) is 39.4. The van der Waals surface area contributed by atoms with E-state index in [9.17, 15) is 19.5 Å². The van der Waals surface area contributed by atoms with Crippen LogP contribution in [0.5, 0.6) is 0 Å². The minimum Gasteiger partial charge on any atom is -0.444 e. The summed E-state index contributed by atoms with van der Waals surface area (Å²) in [6.45, 7) is 9.86. The van der Waals surface area contributed by atoms with Crippen molar-refractivity contribution in [2.75, 3.05) is 13.7 Å². The van der Waals surface area contributed by atoms with E-state index in [0.29, 0.717) is 11.1 Å². The molecule has 3 amide bonds. The van der Waals surface area contributed by atoms with Crippen molar-refractivity contribution in [3.8, 4) is 12.3 Å². The van der Waals surface area contributed by atoms with Gasteiger partial charge in [-0.1, -0.05) is 18.1 Å². The van der Waals surface area contributed by atoms with Crippen molar-refractivity contribution in [1.82, 2.24) is 15.5 Å². The van der Waals surface area contributed by atoms with Gasteiger partial charge in [0.15, 0.2) is 0 Å². The lowest BCUT2D eigenvalue weighted by atomic mass is 10.00. The molecule has 170 valence electrons. The van der Waals surface area contributed by atoms with Crippen molar-refractivity contribution in [3.63, 3.8) is 0 Å². The molecule has 0 radical (unpaired) electrons. The van der Waals surface area contributed by atoms with Gasteiger partial charge < -0.3 is 25.4 Å². The first kappa shape index (κ1) is 26.0. The monoisotopic (exact) mass is 431 g/mol. The van der Waals surface area contributed by atoms with E-state index in [-0.39, 0.29) is 0 Å². The number of carbonyl (C=O) groups excluding carboxylic acids is 3. The summed E-state index contributed by atoms with van der Waals surface area (Å²) in [5.41, 5.74) is -0.145. The normalized spacial score (nSPS) is 13.4. The van der Waals surface area contributed by atoms with Crippen LogP contribution in [-0.2, 0) is 14.3 Å². The van der Waals surface area contributed by atoms with Crippen LogP contribution in [0.25, 0.3) is 0 Å². The van der Waals surface area contributed by atoms with Crippen LogP contribution in [-0.4, -0.2) is 58.8 Å². The highest BCUT2D eigenvalue weighted by Crippen LogP contribution is 2.22. The van der Waals surface area contributed by atoms with Crippen LogP contribution in [0, 0.1) is 12.3 Å². The van der Waals surface area contributed by atoms with Crippen LogP contribution in [0.1, 0.15) is 58.7 Å². The van der Waals surface area contributed by atoms with E-state index >= 15 is 0 Å². The van der Waals surface area contributed by atoms with Crippen molar-refractivity contribution >= 4 is 17.9 Å². The Kier molecular flexibility index (Phi) is 8.64. The minimum atomic E-state index is -1.28. The summed E-state index contributed by atoms with van der Waals surface area (Å²) >= 11 is 0. The van der Waals surface area contributed by atoms with Crippen LogP contribution >= 0.6 is 0 Å². The fourth-order valence-electron chi connectivity index (χ4n) is 2.76. The summed E-state index contributed by atoms with van der Waals surface area (Å²) in [5, 5.41) is 14.9. The zero-order chi connectivity index (χ0) is 24.0. The molecule has 1 rings (SSSR count). The molecule has 0 spiro atoms. The number of aliphatic hydroxyl groups is 1. The maximum atomic E-state index is 13.1. The van der Waals surface area contributed by atoms with Gasteiger partial charge in [-0.3, -0.25) is 9.59 Å². The van der Waals surface area contributed by atoms with Gasteiger partial charge in [0.25, 0.3) is 0 Å². The van der Waals surface area contributed by atoms with E-state index in [0.717, 1.165) is 0 Å². The van der Waals surface area contributed by atoms with E-state index < -0.39 is 47.7 Å². The molecule has 8 nitrogen and oxygen atoms in total. The fourth-order valence-corrected chi connectivity index (χ4v) is 2.76. The maximum Gasteiger partial charge on any atom is 0.408 e. The van der Waals surface area contributed by atoms with Crippen LogP contribution in [0.2, 0.25) is 0 Å². The molecule has 0 saturated carbocycles. The van der Waals surface area contributed by atoms with Crippen LogP contribution in [0.15, 0.2) is 24.3 Å². The summed E-state index contributed by atoms with van der Waals surface area (Å²) in [5.74, 6) is 1.44. The Morgan fingerprint density at radius 2 is 1.68 bits per heavy atom. The Morgan fingerprint density at radius 3 is 2.10 bits per heavy atom. The van der Waals surface area contributed by atoms with Crippen LogP contribution in [0.3, 0.4) is 0 Å². The molecule has 0 aromatic heterocycles. The quantitative estimate of drug-likeness (QED) is 0.597. The van der Waals surface area contributed by atoms with Gasteiger partial charge in [-0.2, -0.15) is 0 Å². The van der Waals surface area contributed by atoms with Gasteiger partial charge in [0.2, 0.25) is 11.8 Å².